The maximum atomic E-state index is 12.5. The standard InChI is InChI=1S/C19H27N3O4/c1-4-5-11-15(17(20)23)21-18(24)16(13(2)3)22-19(25)26-12-14-9-7-6-8-10-14/h4,6-10,13,15-16H,1,5,11-12H2,2-3H3,(H2,20,23)(H,21,24)(H,22,25)/t15-,16-/m1/s1. The minimum absolute atomic E-state index is 0.0996. The van der Waals surface area contributed by atoms with E-state index in [2.05, 4.69) is 17.2 Å². The summed E-state index contributed by atoms with van der Waals surface area (Å²) in [6, 6.07) is 7.55. The van der Waals surface area contributed by atoms with Crippen molar-refractivity contribution in [2.45, 2.75) is 45.4 Å². The molecule has 1 rings (SSSR count). The maximum Gasteiger partial charge on any atom is 0.408 e. The van der Waals surface area contributed by atoms with E-state index in [4.69, 9.17) is 10.5 Å². The summed E-state index contributed by atoms with van der Waals surface area (Å²) in [6.07, 6.45) is 1.83. The average Bonchev–Trinajstić information content (AvgIpc) is 2.61. The highest BCUT2D eigenvalue weighted by Gasteiger charge is 2.28. The van der Waals surface area contributed by atoms with Crippen molar-refractivity contribution in [3.05, 3.63) is 48.6 Å². The lowest BCUT2D eigenvalue weighted by atomic mass is 10.0. The fraction of sp³-hybridized carbons (Fsp3) is 0.421. The summed E-state index contributed by atoms with van der Waals surface area (Å²) in [5, 5.41) is 5.12. The number of amides is 3. The summed E-state index contributed by atoms with van der Waals surface area (Å²) in [4.78, 5) is 35.9. The summed E-state index contributed by atoms with van der Waals surface area (Å²) in [6.45, 7) is 7.25. The van der Waals surface area contributed by atoms with E-state index in [1.54, 1.807) is 19.9 Å². The zero-order valence-corrected chi connectivity index (χ0v) is 15.2. The molecule has 0 aliphatic carbocycles. The zero-order chi connectivity index (χ0) is 19.5. The number of alkyl carbamates (subject to hydrolysis) is 1. The van der Waals surface area contributed by atoms with Crippen LogP contribution in [0.4, 0.5) is 4.79 Å². The van der Waals surface area contributed by atoms with Crippen LogP contribution in [-0.4, -0.2) is 30.0 Å². The Bertz CT molecular complexity index is 616. The van der Waals surface area contributed by atoms with Crippen LogP contribution in [0.2, 0.25) is 0 Å². The minimum atomic E-state index is -0.844. The molecule has 3 amide bonds. The molecule has 1 aromatic carbocycles. The summed E-state index contributed by atoms with van der Waals surface area (Å²) in [5.74, 6) is -1.31. The van der Waals surface area contributed by atoms with Crippen molar-refractivity contribution in [2.24, 2.45) is 11.7 Å². The van der Waals surface area contributed by atoms with Gasteiger partial charge in [-0.2, -0.15) is 0 Å². The van der Waals surface area contributed by atoms with Crippen molar-refractivity contribution >= 4 is 17.9 Å². The monoisotopic (exact) mass is 361 g/mol. The third kappa shape index (κ3) is 7.38. The molecule has 0 aliphatic heterocycles. The largest absolute Gasteiger partial charge is 0.445 e. The SMILES string of the molecule is C=CCC[C@@H](NC(=O)[C@H](NC(=O)OCc1ccccc1)C(C)C)C(N)=O. The third-order valence-corrected chi connectivity index (χ3v) is 3.75. The van der Waals surface area contributed by atoms with Gasteiger partial charge in [-0.3, -0.25) is 9.59 Å². The second-order valence-corrected chi connectivity index (χ2v) is 6.26. The van der Waals surface area contributed by atoms with Crippen LogP contribution >= 0.6 is 0 Å². The molecule has 0 saturated heterocycles. The average molecular weight is 361 g/mol. The Hall–Kier alpha value is -2.83. The van der Waals surface area contributed by atoms with E-state index in [9.17, 15) is 14.4 Å². The van der Waals surface area contributed by atoms with E-state index in [0.29, 0.717) is 12.8 Å². The van der Waals surface area contributed by atoms with E-state index in [-0.39, 0.29) is 12.5 Å². The van der Waals surface area contributed by atoms with Crippen molar-refractivity contribution in [1.82, 2.24) is 10.6 Å². The van der Waals surface area contributed by atoms with Crippen LogP contribution < -0.4 is 16.4 Å². The number of nitrogens with two attached hydrogens (primary N) is 1. The second-order valence-electron chi connectivity index (χ2n) is 6.26. The number of rotatable bonds is 10. The zero-order valence-electron chi connectivity index (χ0n) is 15.2. The van der Waals surface area contributed by atoms with Crippen molar-refractivity contribution < 1.29 is 19.1 Å². The highest BCUT2D eigenvalue weighted by molar-refractivity contribution is 5.90. The lowest BCUT2D eigenvalue weighted by molar-refractivity contribution is -0.129. The smallest absolute Gasteiger partial charge is 0.408 e. The Balaban J connectivity index is 2.62. The van der Waals surface area contributed by atoms with Gasteiger partial charge in [0.15, 0.2) is 0 Å². The van der Waals surface area contributed by atoms with Crippen LogP contribution in [0.1, 0.15) is 32.3 Å². The molecule has 0 unspecified atom stereocenters. The van der Waals surface area contributed by atoms with Gasteiger partial charge < -0.3 is 21.1 Å². The Morgan fingerprint density at radius 3 is 2.38 bits per heavy atom. The van der Waals surface area contributed by atoms with Gasteiger partial charge in [-0.15, -0.1) is 6.58 Å². The van der Waals surface area contributed by atoms with Gasteiger partial charge in [-0.25, -0.2) is 4.79 Å². The number of allylic oxidation sites excluding steroid dienone is 1. The first kappa shape index (κ1) is 21.2. The van der Waals surface area contributed by atoms with Gasteiger partial charge in [-0.1, -0.05) is 50.3 Å². The molecule has 0 aliphatic rings. The Morgan fingerprint density at radius 2 is 1.85 bits per heavy atom. The molecule has 7 heteroatoms. The predicted molar refractivity (Wildman–Crippen MR) is 98.9 cm³/mol. The number of carbonyl (C=O) groups is 3. The molecule has 2 atom stereocenters. The summed E-state index contributed by atoms with van der Waals surface area (Å²) in [5.41, 5.74) is 6.15. The number of primary amides is 1. The van der Waals surface area contributed by atoms with Gasteiger partial charge in [0, 0.05) is 0 Å². The first-order valence-corrected chi connectivity index (χ1v) is 8.53. The van der Waals surface area contributed by atoms with Crippen LogP contribution in [0.5, 0.6) is 0 Å². The Labute approximate surface area is 154 Å². The number of hydrogen-bond donors (Lipinski definition) is 3. The van der Waals surface area contributed by atoms with Crippen molar-refractivity contribution in [3.63, 3.8) is 0 Å². The Morgan fingerprint density at radius 1 is 1.19 bits per heavy atom. The summed E-state index contributed by atoms with van der Waals surface area (Å²) in [7, 11) is 0. The highest BCUT2D eigenvalue weighted by atomic mass is 16.5. The number of ether oxygens (including phenoxy) is 1. The van der Waals surface area contributed by atoms with Crippen LogP contribution in [0.25, 0.3) is 0 Å². The molecule has 7 nitrogen and oxygen atoms in total. The van der Waals surface area contributed by atoms with E-state index in [0.717, 1.165) is 5.56 Å². The number of benzene rings is 1. The Kier molecular flexibility index (Phi) is 8.91. The molecule has 0 spiro atoms. The molecule has 4 N–H and O–H groups in total. The molecule has 142 valence electrons. The fourth-order valence-electron chi connectivity index (χ4n) is 2.26. The molecule has 0 fully saturated rings. The van der Waals surface area contributed by atoms with Crippen molar-refractivity contribution in [2.75, 3.05) is 0 Å². The van der Waals surface area contributed by atoms with Gasteiger partial charge in [0.05, 0.1) is 0 Å². The molecule has 0 heterocycles. The lowest BCUT2D eigenvalue weighted by Gasteiger charge is -2.24. The molecule has 0 bridgehead atoms. The molecule has 0 aromatic heterocycles. The molecule has 0 radical (unpaired) electrons. The highest BCUT2D eigenvalue weighted by Crippen LogP contribution is 2.06. The molecule has 26 heavy (non-hydrogen) atoms. The quantitative estimate of drug-likeness (QED) is 0.553. The molecular formula is C19H27N3O4. The fourth-order valence-corrected chi connectivity index (χ4v) is 2.26. The first-order chi connectivity index (χ1) is 12.3. The van der Waals surface area contributed by atoms with Crippen LogP contribution in [0.3, 0.4) is 0 Å². The summed E-state index contributed by atoms with van der Waals surface area (Å²) < 4.78 is 5.14. The number of carbonyl (C=O) groups excluding carboxylic acids is 3. The minimum Gasteiger partial charge on any atom is -0.445 e. The predicted octanol–water partition coefficient (Wildman–Crippen LogP) is 1.87. The molecule has 1 aromatic rings. The van der Waals surface area contributed by atoms with Crippen molar-refractivity contribution in [1.29, 1.82) is 0 Å². The third-order valence-electron chi connectivity index (χ3n) is 3.75. The van der Waals surface area contributed by atoms with Gasteiger partial charge in [0.1, 0.15) is 18.7 Å². The topological polar surface area (TPSA) is 111 Å². The van der Waals surface area contributed by atoms with E-state index < -0.39 is 30.0 Å². The summed E-state index contributed by atoms with van der Waals surface area (Å²) >= 11 is 0. The van der Waals surface area contributed by atoms with E-state index in [1.165, 1.54) is 0 Å². The number of nitrogens with one attached hydrogen (secondary N) is 2. The molecule has 0 saturated carbocycles. The maximum absolute atomic E-state index is 12.5. The lowest BCUT2D eigenvalue weighted by Crippen LogP contribution is -2.54. The van der Waals surface area contributed by atoms with Gasteiger partial charge >= 0.3 is 6.09 Å². The number of hydrogen-bond acceptors (Lipinski definition) is 4. The van der Waals surface area contributed by atoms with Gasteiger partial charge in [0.25, 0.3) is 0 Å². The van der Waals surface area contributed by atoms with Crippen LogP contribution in [0.15, 0.2) is 43.0 Å². The van der Waals surface area contributed by atoms with Gasteiger partial charge in [0.2, 0.25) is 11.8 Å². The normalized spacial score (nSPS) is 12.7. The van der Waals surface area contributed by atoms with Crippen LogP contribution in [0, 0.1) is 5.92 Å². The first-order valence-electron chi connectivity index (χ1n) is 8.53. The van der Waals surface area contributed by atoms with Gasteiger partial charge in [-0.05, 0) is 24.3 Å². The van der Waals surface area contributed by atoms with E-state index >= 15 is 0 Å². The van der Waals surface area contributed by atoms with E-state index in [1.807, 2.05) is 30.3 Å². The molecular weight excluding hydrogens is 334 g/mol. The van der Waals surface area contributed by atoms with Crippen molar-refractivity contribution in [3.8, 4) is 0 Å². The van der Waals surface area contributed by atoms with Crippen LogP contribution in [-0.2, 0) is 20.9 Å². The second kappa shape index (κ2) is 10.9.